The number of alkyl halides is 5. The zero-order chi connectivity index (χ0) is 29.5. The number of nitrogens with zero attached hydrogens (tertiary/aromatic N) is 1. The molecule has 0 bridgehead atoms. The third-order valence-electron chi connectivity index (χ3n) is 7.06. The Balaban J connectivity index is 1.93. The van der Waals surface area contributed by atoms with Crippen LogP contribution in [-0.4, -0.2) is 47.8 Å². The average Bonchev–Trinajstić information content (AvgIpc) is 2.92. The van der Waals surface area contributed by atoms with Gasteiger partial charge in [0.05, 0.1) is 12.1 Å². The zero-order valence-electron chi connectivity index (χ0n) is 22.1. The number of allylic oxidation sites excluding steroid dienone is 3. The van der Waals surface area contributed by atoms with Gasteiger partial charge in [-0.1, -0.05) is 92.7 Å². The highest BCUT2D eigenvalue weighted by molar-refractivity contribution is 5.82. The first-order valence-corrected chi connectivity index (χ1v) is 12.9. The molecule has 10 heteroatoms. The minimum atomic E-state index is -5.12. The Bertz CT molecular complexity index is 1230. The van der Waals surface area contributed by atoms with E-state index in [0.29, 0.717) is 11.1 Å². The maximum absolute atomic E-state index is 14.6. The van der Waals surface area contributed by atoms with E-state index < -0.39 is 60.5 Å². The largest absolute Gasteiger partial charge is 0.404 e. The number of amides is 1. The van der Waals surface area contributed by atoms with Gasteiger partial charge in [-0.25, -0.2) is 8.78 Å². The first kappa shape index (κ1) is 31.0. The highest BCUT2D eigenvalue weighted by atomic mass is 19.4. The summed E-state index contributed by atoms with van der Waals surface area (Å²) in [5, 5.41) is 24.8. The second-order valence-electron chi connectivity index (χ2n) is 10.2. The highest BCUT2D eigenvalue weighted by Gasteiger charge is 2.58. The average molecular weight is 562 g/mol. The van der Waals surface area contributed by atoms with Gasteiger partial charge < -0.3 is 10.4 Å². The van der Waals surface area contributed by atoms with Gasteiger partial charge in [-0.2, -0.15) is 18.4 Å². The maximum Gasteiger partial charge on any atom is 0.404 e. The van der Waals surface area contributed by atoms with Crippen molar-refractivity contribution in [2.75, 3.05) is 0 Å². The van der Waals surface area contributed by atoms with Crippen LogP contribution in [0.4, 0.5) is 22.0 Å². The van der Waals surface area contributed by atoms with Gasteiger partial charge >= 0.3 is 6.18 Å². The van der Waals surface area contributed by atoms with Crippen LogP contribution in [0.15, 0.2) is 78.9 Å². The fraction of sp³-hybridized carbons (Fsp3) is 0.400. The highest BCUT2D eigenvalue weighted by Crippen LogP contribution is 2.46. The molecule has 0 spiro atoms. The number of carbonyl (C=O) groups is 1. The lowest BCUT2D eigenvalue weighted by molar-refractivity contribution is -0.204. The topological polar surface area (TPSA) is 85.2 Å². The number of carbonyl (C=O) groups excluding carboxylic acids is 1. The number of benzene rings is 2. The van der Waals surface area contributed by atoms with Gasteiger partial charge in [0.25, 0.3) is 6.43 Å². The van der Waals surface area contributed by atoms with Gasteiger partial charge in [0.1, 0.15) is 18.2 Å². The van der Waals surface area contributed by atoms with Crippen molar-refractivity contribution in [1.82, 2.24) is 10.6 Å². The lowest BCUT2D eigenvalue weighted by atomic mass is 9.68. The van der Waals surface area contributed by atoms with E-state index in [2.05, 4.69) is 10.6 Å². The molecule has 0 radical (unpaired) electrons. The lowest BCUT2D eigenvalue weighted by Gasteiger charge is -2.45. The van der Waals surface area contributed by atoms with Gasteiger partial charge in [-0.15, -0.1) is 0 Å². The van der Waals surface area contributed by atoms with Crippen LogP contribution in [0.25, 0.3) is 5.57 Å². The van der Waals surface area contributed by atoms with Crippen molar-refractivity contribution in [2.45, 2.75) is 63.5 Å². The Morgan fingerprint density at radius 2 is 1.68 bits per heavy atom. The summed E-state index contributed by atoms with van der Waals surface area (Å²) < 4.78 is 71.7. The molecule has 0 aromatic heterocycles. The molecular formula is C30H32F5N3O2. The molecule has 0 heterocycles. The molecule has 0 aliphatic heterocycles. The van der Waals surface area contributed by atoms with Gasteiger partial charge in [-0.3, -0.25) is 10.1 Å². The summed E-state index contributed by atoms with van der Waals surface area (Å²) in [5.74, 6) is -1.60. The minimum Gasteiger partial charge on any atom is -0.386 e. The summed E-state index contributed by atoms with van der Waals surface area (Å²) in [6, 6.07) is 14.2. The van der Waals surface area contributed by atoms with Crippen LogP contribution in [0, 0.1) is 22.7 Å². The Hall–Kier alpha value is -3.55. The minimum absolute atomic E-state index is 0.125. The Labute approximate surface area is 230 Å². The molecule has 3 rings (SSSR count). The second kappa shape index (κ2) is 13.2. The van der Waals surface area contributed by atoms with Crippen LogP contribution >= 0.6 is 0 Å². The van der Waals surface area contributed by atoms with Crippen molar-refractivity contribution in [1.29, 1.82) is 5.26 Å². The van der Waals surface area contributed by atoms with Crippen molar-refractivity contribution in [2.24, 2.45) is 11.3 Å². The second-order valence-corrected chi connectivity index (χ2v) is 10.2. The summed E-state index contributed by atoms with van der Waals surface area (Å²) in [5.41, 5.74) is -0.564. The van der Waals surface area contributed by atoms with Gasteiger partial charge in [0.2, 0.25) is 5.91 Å². The molecule has 40 heavy (non-hydrogen) atoms. The third-order valence-corrected chi connectivity index (χ3v) is 7.06. The third kappa shape index (κ3) is 7.34. The summed E-state index contributed by atoms with van der Waals surface area (Å²) in [7, 11) is 0. The molecule has 1 aliphatic carbocycles. The SMILES string of the molecule is CC(C)[C@H](N[C@H](C(F)(F)F)C1([C@@H](O)C(F)F)C=CC(c2ccccc2)=CC1)C(=O)N[C@H](C#N)Cc1ccccc1. The predicted molar refractivity (Wildman–Crippen MR) is 142 cm³/mol. The molecule has 214 valence electrons. The lowest BCUT2D eigenvalue weighted by Crippen LogP contribution is -2.65. The summed E-state index contributed by atoms with van der Waals surface area (Å²) in [4.78, 5) is 13.2. The molecular weight excluding hydrogens is 529 g/mol. The van der Waals surface area contributed by atoms with E-state index in [-0.39, 0.29) is 6.42 Å². The number of aliphatic hydroxyl groups excluding tert-OH is 1. The van der Waals surface area contributed by atoms with Gasteiger partial charge in [0, 0.05) is 11.8 Å². The molecule has 2 aromatic rings. The maximum atomic E-state index is 14.6. The Morgan fingerprint density at radius 1 is 1.07 bits per heavy atom. The van der Waals surface area contributed by atoms with Crippen molar-refractivity contribution in [3.8, 4) is 6.07 Å². The molecule has 3 N–H and O–H groups in total. The van der Waals surface area contributed by atoms with Crippen molar-refractivity contribution >= 4 is 11.5 Å². The van der Waals surface area contributed by atoms with Crippen molar-refractivity contribution in [3.05, 3.63) is 90.0 Å². The van der Waals surface area contributed by atoms with E-state index in [1.54, 1.807) is 60.7 Å². The van der Waals surface area contributed by atoms with Gasteiger partial charge in [0.15, 0.2) is 0 Å². The first-order valence-electron chi connectivity index (χ1n) is 12.9. The van der Waals surface area contributed by atoms with Crippen molar-refractivity contribution in [3.63, 3.8) is 0 Å². The van der Waals surface area contributed by atoms with E-state index in [1.807, 2.05) is 6.07 Å². The normalized spacial score (nSPS) is 20.4. The Kier molecular flexibility index (Phi) is 10.2. The van der Waals surface area contributed by atoms with Crippen LogP contribution in [-0.2, 0) is 11.2 Å². The summed E-state index contributed by atoms with van der Waals surface area (Å²) in [6.45, 7) is 3.01. The number of rotatable bonds is 11. The van der Waals surface area contributed by atoms with Gasteiger partial charge in [-0.05, 0) is 29.0 Å². The van der Waals surface area contributed by atoms with Crippen LogP contribution in [0.2, 0.25) is 0 Å². The van der Waals surface area contributed by atoms with E-state index in [0.717, 1.165) is 11.6 Å². The molecule has 0 saturated heterocycles. The van der Waals surface area contributed by atoms with Crippen molar-refractivity contribution < 1.29 is 31.9 Å². The van der Waals surface area contributed by atoms with Crippen LogP contribution < -0.4 is 10.6 Å². The Morgan fingerprint density at radius 3 is 2.15 bits per heavy atom. The summed E-state index contributed by atoms with van der Waals surface area (Å²) >= 11 is 0. The van der Waals surface area contributed by atoms with Crippen LogP contribution in [0.5, 0.6) is 0 Å². The number of nitriles is 1. The van der Waals surface area contributed by atoms with E-state index in [1.165, 1.54) is 26.0 Å². The monoisotopic (exact) mass is 561 g/mol. The smallest absolute Gasteiger partial charge is 0.386 e. The molecule has 1 unspecified atom stereocenters. The molecule has 5 atom stereocenters. The molecule has 0 saturated carbocycles. The number of aliphatic hydroxyl groups is 1. The standard InChI is InChI=1S/C30H32F5N3O2/c1-19(2)24(27(40)37-23(18-36)17-20-9-5-3-6-10-20)38-28(30(33,34)35)29(25(39)26(31)32)15-13-22(14-16-29)21-11-7-4-8-12-21/h3-15,19,23-26,28,38-39H,16-17H2,1-2H3,(H,37,40)/t23-,24-,25-,28-,29?/m0/s1. The first-order chi connectivity index (χ1) is 18.9. The van der Waals surface area contributed by atoms with E-state index >= 15 is 0 Å². The molecule has 2 aromatic carbocycles. The molecule has 1 amide bonds. The summed E-state index contributed by atoms with van der Waals surface area (Å²) in [6.07, 6.45) is -8.07. The number of hydrogen-bond acceptors (Lipinski definition) is 4. The zero-order valence-corrected chi connectivity index (χ0v) is 22.1. The molecule has 5 nitrogen and oxygen atoms in total. The van der Waals surface area contributed by atoms with Crippen LogP contribution in [0.3, 0.4) is 0 Å². The number of hydrogen-bond donors (Lipinski definition) is 3. The quantitative estimate of drug-likeness (QED) is 0.319. The fourth-order valence-corrected chi connectivity index (χ4v) is 4.90. The number of nitrogens with one attached hydrogen (secondary N) is 2. The predicted octanol–water partition coefficient (Wildman–Crippen LogP) is 5.44. The molecule has 1 aliphatic rings. The van der Waals surface area contributed by atoms with Crippen LogP contribution in [0.1, 0.15) is 31.4 Å². The number of halogens is 5. The van der Waals surface area contributed by atoms with E-state index in [4.69, 9.17) is 0 Å². The van der Waals surface area contributed by atoms with E-state index in [9.17, 15) is 37.1 Å². The molecule has 0 fully saturated rings. The fourth-order valence-electron chi connectivity index (χ4n) is 4.90.